The molecule has 0 aliphatic heterocycles. The number of rotatable bonds is 5. The highest BCUT2D eigenvalue weighted by Crippen LogP contribution is 2.32. The van der Waals surface area contributed by atoms with Crippen LogP contribution < -0.4 is 10.6 Å². The summed E-state index contributed by atoms with van der Waals surface area (Å²) in [6.45, 7) is 2.91. The fourth-order valence-electron chi connectivity index (χ4n) is 3.70. The summed E-state index contributed by atoms with van der Waals surface area (Å²) in [5, 5.41) is 5.27. The van der Waals surface area contributed by atoms with Crippen molar-refractivity contribution < 1.29 is 24.0 Å². The van der Waals surface area contributed by atoms with Crippen LogP contribution in [0.1, 0.15) is 56.0 Å². The Kier molecular flexibility index (Phi) is 6.01. The quantitative estimate of drug-likeness (QED) is 0.349. The maximum Gasteiger partial charge on any atom is 0.251 e. The Morgan fingerprint density at radius 3 is 1.97 bits per heavy atom. The third-order valence-electron chi connectivity index (χ3n) is 5.47. The normalized spacial score (nSPS) is 12.5. The van der Waals surface area contributed by atoms with Gasteiger partial charge in [-0.1, -0.05) is 36.4 Å². The van der Waals surface area contributed by atoms with Crippen molar-refractivity contribution in [1.29, 1.82) is 0 Å². The summed E-state index contributed by atoms with van der Waals surface area (Å²) in [6.07, 6.45) is 1.13. The van der Waals surface area contributed by atoms with Crippen LogP contribution in [0, 0.1) is 0 Å². The first-order valence-electron chi connectivity index (χ1n) is 10.5. The molecule has 0 unspecified atom stereocenters. The summed E-state index contributed by atoms with van der Waals surface area (Å²) in [7, 11) is 0. The SMILES string of the molecule is CC(=O)c1ccc(NC(=O)/C=C(/C)C(=O)Nc2cccc3c2C(=O)c2ccccc2C3=O)cc1. The largest absolute Gasteiger partial charge is 0.323 e. The van der Waals surface area contributed by atoms with Gasteiger partial charge in [-0.2, -0.15) is 0 Å². The Labute approximate surface area is 195 Å². The fraction of sp³-hybridized carbons (Fsp3) is 0.0741. The van der Waals surface area contributed by atoms with E-state index in [1.165, 1.54) is 13.8 Å². The van der Waals surface area contributed by atoms with E-state index in [-0.39, 0.29) is 45.3 Å². The fourth-order valence-corrected chi connectivity index (χ4v) is 3.70. The molecular weight excluding hydrogens is 432 g/mol. The predicted octanol–water partition coefficient (Wildman–Crippen LogP) is 4.19. The molecule has 1 aliphatic carbocycles. The van der Waals surface area contributed by atoms with Crippen molar-refractivity contribution in [2.45, 2.75) is 13.8 Å². The summed E-state index contributed by atoms with van der Waals surface area (Å²) in [5.74, 6) is -1.84. The highest BCUT2D eigenvalue weighted by Gasteiger charge is 2.31. The maximum atomic E-state index is 13.1. The number of nitrogens with one attached hydrogen (secondary N) is 2. The van der Waals surface area contributed by atoms with Gasteiger partial charge in [0.25, 0.3) is 5.91 Å². The number of Topliss-reactive ketones (excluding diaryl/α,β-unsaturated/α-hetero) is 1. The molecule has 1 aliphatic rings. The van der Waals surface area contributed by atoms with Crippen LogP contribution in [-0.2, 0) is 9.59 Å². The summed E-state index contributed by atoms with van der Waals surface area (Å²) in [5.41, 5.74) is 2.24. The molecule has 0 aromatic heterocycles. The van der Waals surface area contributed by atoms with E-state index in [2.05, 4.69) is 10.6 Å². The zero-order chi connectivity index (χ0) is 24.4. The lowest BCUT2D eigenvalue weighted by molar-refractivity contribution is -0.114. The highest BCUT2D eigenvalue weighted by molar-refractivity contribution is 6.30. The van der Waals surface area contributed by atoms with Gasteiger partial charge in [-0.15, -0.1) is 0 Å². The molecule has 3 aromatic rings. The smallest absolute Gasteiger partial charge is 0.251 e. The van der Waals surface area contributed by atoms with Crippen LogP contribution in [0.15, 0.2) is 78.4 Å². The molecule has 0 saturated carbocycles. The Balaban J connectivity index is 1.52. The third kappa shape index (κ3) is 4.31. The summed E-state index contributed by atoms with van der Waals surface area (Å²) >= 11 is 0. The third-order valence-corrected chi connectivity index (χ3v) is 5.47. The van der Waals surface area contributed by atoms with Crippen LogP contribution in [0.4, 0.5) is 11.4 Å². The Bertz CT molecular complexity index is 1400. The molecule has 0 radical (unpaired) electrons. The number of benzene rings is 3. The van der Waals surface area contributed by atoms with Crippen molar-refractivity contribution in [3.8, 4) is 0 Å². The van der Waals surface area contributed by atoms with Crippen molar-refractivity contribution in [2.75, 3.05) is 10.6 Å². The second-order valence-corrected chi connectivity index (χ2v) is 7.84. The standard InChI is InChI=1S/C27H20N2O5/c1-15(14-23(31)28-18-12-10-17(11-13-18)16(2)30)27(34)29-22-9-5-8-21-24(22)26(33)20-7-4-3-6-19(20)25(21)32/h3-14H,1-2H3,(H,28,31)(H,29,34)/b15-14-. The molecule has 0 spiro atoms. The number of fused-ring (bicyclic) bond motifs is 2. The zero-order valence-corrected chi connectivity index (χ0v) is 18.5. The van der Waals surface area contributed by atoms with E-state index in [0.29, 0.717) is 16.8 Å². The molecule has 2 N–H and O–H groups in total. The molecule has 0 atom stereocenters. The average molecular weight is 452 g/mol. The summed E-state index contributed by atoms with van der Waals surface area (Å²) in [6, 6.07) is 17.6. The van der Waals surface area contributed by atoms with Gasteiger partial charge in [-0.3, -0.25) is 24.0 Å². The number of amides is 2. The number of hydrogen-bond donors (Lipinski definition) is 2. The average Bonchev–Trinajstić information content (AvgIpc) is 2.82. The molecule has 7 heteroatoms. The van der Waals surface area contributed by atoms with Gasteiger partial charge in [0.15, 0.2) is 17.3 Å². The van der Waals surface area contributed by atoms with Gasteiger partial charge in [-0.05, 0) is 44.2 Å². The molecule has 3 aromatic carbocycles. The minimum absolute atomic E-state index is 0.0861. The van der Waals surface area contributed by atoms with Crippen molar-refractivity contribution >= 4 is 40.5 Å². The molecule has 0 heterocycles. The number of ketones is 3. The van der Waals surface area contributed by atoms with Gasteiger partial charge in [-0.25, -0.2) is 0 Å². The molecule has 0 bridgehead atoms. The lowest BCUT2D eigenvalue weighted by Crippen LogP contribution is -2.24. The maximum absolute atomic E-state index is 13.1. The van der Waals surface area contributed by atoms with Crippen molar-refractivity contribution in [1.82, 2.24) is 0 Å². The van der Waals surface area contributed by atoms with E-state index in [1.54, 1.807) is 66.7 Å². The van der Waals surface area contributed by atoms with Crippen LogP contribution in [0.2, 0.25) is 0 Å². The van der Waals surface area contributed by atoms with E-state index in [4.69, 9.17) is 0 Å². The van der Waals surface area contributed by atoms with Crippen LogP contribution in [0.3, 0.4) is 0 Å². The second-order valence-electron chi connectivity index (χ2n) is 7.84. The van der Waals surface area contributed by atoms with Crippen LogP contribution >= 0.6 is 0 Å². The molecule has 4 rings (SSSR count). The minimum Gasteiger partial charge on any atom is -0.323 e. The van der Waals surface area contributed by atoms with Gasteiger partial charge in [0.05, 0.1) is 11.3 Å². The van der Waals surface area contributed by atoms with Gasteiger partial charge >= 0.3 is 0 Å². The van der Waals surface area contributed by atoms with Gasteiger partial charge in [0.1, 0.15) is 0 Å². The van der Waals surface area contributed by atoms with E-state index in [1.807, 2.05) is 0 Å². The monoisotopic (exact) mass is 452 g/mol. The number of hydrogen-bond acceptors (Lipinski definition) is 5. The van der Waals surface area contributed by atoms with E-state index < -0.39 is 11.8 Å². The van der Waals surface area contributed by atoms with Crippen molar-refractivity contribution in [3.05, 3.63) is 106 Å². The van der Waals surface area contributed by atoms with E-state index >= 15 is 0 Å². The van der Waals surface area contributed by atoms with E-state index in [9.17, 15) is 24.0 Å². The Morgan fingerprint density at radius 1 is 0.706 bits per heavy atom. The van der Waals surface area contributed by atoms with Crippen molar-refractivity contribution in [2.24, 2.45) is 0 Å². The first kappa shape index (κ1) is 22.5. The predicted molar refractivity (Wildman–Crippen MR) is 127 cm³/mol. The van der Waals surface area contributed by atoms with Gasteiger partial charge in [0.2, 0.25) is 5.91 Å². The molecular formula is C27H20N2O5. The first-order chi connectivity index (χ1) is 16.3. The number of carbonyl (C=O) groups is 5. The summed E-state index contributed by atoms with van der Waals surface area (Å²) in [4.78, 5) is 62.4. The van der Waals surface area contributed by atoms with Gasteiger partial charge < -0.3 is 10.6 Å². The van der Waals surface area contributed by atoms with Crippen LogP contribution in [0.5, 0.6) is 0 Å². The lowest BCUT2D eigenvalue weighted by atomic mass is 9.83. The molecule has 0 saturated heterocycles. The molecule has 0 fully saturated rings. The lowest BCUT2D eigenvalue weighted by Gasteiger charge is -2.20. The molecule has 7 nitrogen and oxygen atoms in total. The number of carbonyl (C=O) groups excluding carboxylic acids is 5. The van der Waals surface area contributed by atoms with Gasteiger partial charge in [0, 0.05) is 39.6 Å². The number of anilines is 2. The summed E-state index contributed by atoms with van der Waals surface area (Å²) < 4.78 is 0. The van der Waals surface area contributed by atoms with Crippen molar-refractivity contribution in [3.63, 3.8) is 0 Å². The second kappa shape index (κ2) is 9.07. The Hall–Kier alpha value is -4.65. The topological polar surface area (TPSA) is 109 Å². The van der Waals surface area contributed by atoms with Crippen LogP contribution in [-0.4, -0.2) is 29.2 Å². The molecule has 2 amide bonds. The highest BCUT2D eigenvalue weighted by atomic mass is 16.2. The Morgan fingerprint density at radius 2 is 1.32 bits per heavy atom. The molecule has 168 valence electrons. The first-order valence-corrected chi connectivity index (χ1v) is 10.5. The van der Waals surface area contributed by atoms with E-state index in [0.717, 1.165) is 6.08 Å². The van der Waals surface area contributed by atoms with Crippen LogP contribution in [0.25, 0.3) is 0 Å². The molecule has 34 heavy (non-hydrogen) atoms. The minimum atomic E-state index is -0.588. The zero-order valence-electron chi connectivity index (χ0n) is 18.5.